The standard InChI is InChI=1S/C16H13ClN2O2S3/c1-9-4-10(17)2-3-13(9)19-16-18-11(7-24-16)6-22-12-5-14(15(20)21)23-8-12/h2-5,7-8H,6H2,1H3,(H,18,19)(H,20,21). The third-order valence-corrected chi connectivity index (χ3v) is 6.27. The molecule has 0 saturated carbocycles. The Kier molecular flexibility index (Phi) is 5.45. The van der Waals surface area contributed by atoms with Crippen LogP contribution in [-0.4, -0.2) is 16.1 Å². The maximum atomic E-state index is 10.9. The third-order valence-electron chi connectivity index (χ3n) is 3.15. The lowest BCUT2D eigenvalue weighted by Gasteiger charge is -2.06. The zero-order valence-corrected chi connectivity index (χ0v) is 15.8. The number of carboxylic acids is 1. The predicted molar refractivity (Wildman–Crippen MR) is 102 cm³/mol. The van der Waals surface area contributed by atoms with Gasteiger partial charge in [0.05, 0.1) is 5.69 Å². The second-order valence-electron chi connectivity index (χ2n) is 4.97. The van der Waals surface area contributed by atoms with E-state index in [4.69, 9.17) is 16.7 Å². The Labute approximate surface area is 156 Å². The van der Waals surface area contributed by atoms with Gasteiger partial charge in [-0.3, -0.25) is 0 Å². The van der Waals surface area contributed by atoms with Gasteiger partial charge in [-0.05, 0) is 36.8 Å². The number of halogens is 1. The number of nitrogens with zero attached hydrogens (tertiary/aromatic N) is 1. The van der Waals surface area contributed by atoms with Crippen molar-refractivity contribution in [3.63, 3.8) is 0 Å². The van der Waals surface area contributed by atoms with E-state index in [-0.39, 0.29) is 0 Å². The quantitative estimate of drug-likeness (QED) is 0.508. The van der Waals surface area contributed by atoms with Crippen molar-refractivity contribution >= 4 is 62.8 Å². The maximum absolute atomic E-state index is 10.9. The number of hydrogen-bond donors (Lipinski definition) is 2. The summed E-state index contributed by atoms with van der Waals surface area (Å²) < 4.78 is 0. The summed E-state index contributed by atoms with van der Waals surface area (Å²) in [5, 5.41) is 17.6. The lowest BCUT2D eigenvalue weighted by Crippen LogP contribution is -1.93. The van der Waals surface area contributed by atoms with Crippen molar-refractivity contribution in [2.75, 3.05) is 5.32 Å². The molecule has 1 aromatic carbocycles. The summed E-state index contributed by atoms with van der Waals surface area (Å²) in [4.78, 5) is 16.8. The molecule has 0 bridgehead atoms. The molecule has 0 atom stereocenters. The van der Waals surface area contributed by atoms with Crippen molar-refractivity contribution < 1.29 is 9.90 Å². The summed E-state index contributed by atoms with van der Waals surface area (Å²) in [5.41, 5.74) is 3.01. The number of benzene rings is 1. The van der Waals surface area contributed by atoms with Gasteiger partial charge >= 0.3 is 5.97 Å². The first-order valence-corrected chi connectivity index (χ1v) is 10.1. The van der Waals surface area contributed by atoms with E-state index in [0.29, 0.717) is 15.7 Å². The Bertz CT molecular complexity index is 876. The Balaban J connectivity index is 1.61. The lowest BCUT2D eigenvalue weighted by molar-refractivity contribution is 0.0702. The van der Waals surface area contributed by atoms with E-state index in [0.717, 1.165) is 27.0 Å². The normalized spacial score (nSPS) is 10.8. The monoisotopic (exact) mass is 396 g/mol. The van der Waals surface area contributed by atoms with E-state index >= 15 is 0 Å². The topological polar surface area (TPSA) is 62.2 Å². The molecule has 2 heterocycles. The van der Waals surface area contributed by atoms with Crippen LogP contribution in [0.25, 0.3) is 0 Å². The van der Waals surface area contributed by atoms with Gasteiger partial charge in [-0.1, -0.05) is 11.6 Å². The van der Waals surface area contributed by atoms with Gasteiger partial charge in [-0.2, -0.15) is 0 Å². The number of thiazole rings is 1. The molecule has 3 aromatic rings. The summed E-state index contributed by atoms with van der Waals surface area (Å²) in [7, 11) is 0. The van der Waals surface area contributed by atoms with Crippen LogP contribution in [0.4, 0.5) is 10.8 Å². The van der Waals surface area contributed by atoms with Gasteiger partial charge in [0.15, 0.2) is 5.13 Å². The average molecular weight is 397 g/mol. The molecule has 8 heteroatoms. The fourth-order valence-electron chi connectivity index (χ4n) is 1.98. The minimum atomic E-state index is -0.884. The highest BCUT2D eigenvalue weighted by molar-refractivity contribution is 7.98. The number of thiophene rings is 1. The summed E-state index contributed by atoms with van der Waals surface area (Å²) in [6, 6.07) is 7.38. The molecular formula is C16H13ClN2O2S3. The van der Waals surface area contributed by atoms with Crippen molar-refractivity contribution in [3.8, 4) is 0 Å². The molecule has 0 aliphatic rings. The molecule has 2 aromatic heterocycles. The molecule has 0 spiro atoms. The second-order valence-corrected chi connectivity index (χ2v) is 8.22. The number of aromatic nitrogens is 1. The van der Waals surface area contributed by atoms with E-state index in [1.807, 2.05) is 35.9 Å². The van der Waals surface area contributed by atoms with E-state index in [1.54, 1.807) is 29.2 Å². The average Bonchev–Trinajstić information content (AvgIpc) is 3.17. The number of anilines is 2. The minimum Gasteiger partial charge on any atom is -0.477 e. The molecule has 0 unspecified atom stereocenters. The van der Waals surface area contributed by atoms with Crippen LogP contribution < -0.4 is 5.32 Å². The van der Waals surface area contributed by atoms with E-state index in [9.17, 15) is 4.79 Å². The van der Waals surface area contributed by atoms with Crippen molar-refractivity contribution in [2.45, 2.75) is 17.6 Å². The van der Waals surface area contributed by atoms with Crippen molar-refractivity contribution in [1.29, 1.82) is 0 Å². The molecular weight excluding hydrogens is 384 g/mol. The minimum absolute atomic E-state index is 0.358. The number of aryl methyl sites for hydroxylation is 1. The van der Waals surface area contributed by atoms with E-state index < -0.39 is 5.97 Å². The van der Waals surface area contributed by atoms with Gasteiger partial charge in [0.25, 0.3) is 0 Å². The third kappa shape index (κ3) is 4.30. The van der Waals surface area contributed by atoms with Gasteiger partial charge in [-0.15, -0.1) is 34.4 Å². The fraction of sp³-hybridized carbons (Fsp3) is 0.125. The number of hydrogen-bond acceptors (Lipinski definition) is 6. The second kappa shape index (κ2) is 7.57. The Morgan fingerprint density at radius 2 is 2.17 bits per heavy atom. The first kappa shape index (κ1) is 17.3. The fourth-order valence-corrected chi connectivity index (χ4v) is 4.79. The molecule has 0 saturated heterocycles. The summed E-state index contributed by atoms with van der Waals surface area (Å²) in [5.74, 6) is -0.182. The van der Waals surface area contributed by atoms with Crippen LogP contribution in [0.2, 0.25) is 5.02 Å². The lowest BCUT2D eigenvalue weighted by atomic mass is 10.2. The summed E-state index contributed by atoms with van der Waals surface area (Å²) in [6.45, 7) is 2.00. The number of aromatic carboxylic acids is 1. The first-order valence-electron chi connectivity index (χ1n) is 6.93. The summed E-state index contributed by atoms with van der Waals surface area (Å²) >= 11 is 10.3. The number of rotatable bonds is 6. The zero-order chi connectivity index (χ0) is 17.1. The highest BCUT2D eigenvalue weighted by Crippen LogP contribution is 2.30. The van der Waals surface area contributed by atoms with Gasteiger partial charge in [0.1, 0.15) is 4.88 Å². The van der Waals surface area contributed by atoms with Crippen LogP contribution in [0.5, 0.6) is 0 Å². The van der Waals surface area contributed by atoms with Crippen molar-refractivity contribution in [3.05, 3.63) is 56.2 Å². The van der Waals surface area contributed by atoms with Gasteiger partial charge < -0.3 is 10.4 Å². The van der Waals surface area contributed by atoms with E-state index in [1.165, 1.54) is 11.3 Å². The van der Waals surface area contributed by atoms with Gasteiger partial charge in [0.2, 0.25) is 0 Å². The van der Waals surface area contributed by atoms with Crippen molar-refractivity contribution in [2.24, 2.45) is 0 Å². The Morgan fingerprint density at radius 1 is 1.33 bits per heavy atom. The maximum Gasteiger partial charge on any atom is 0.345 e. The first-order chi connectivity index (χ1) is 11.5. The van der Waals surface area contributed by atoms with E-state index in [2.05, 4.69) is 10.3 Å². The molecule has 0 aliphatic carbocycles. The molecule has 0 aliphatic heterocycles. The number of carboxylic acid groups (broad SMARTS) is 1. The SMILES string of the molecule is Cc1cc(Cl)ccc1Nc1nc(CSc2csc(C(=O)O)c2)cs1. The van der Waals surface area contributed by atoms with Crippen LogP contribution in [0, 0.1) is 6.92 Å². The van der Waals surface area contributed by atoms with Crippen molar-refractivity contribution in [1.82, 2.24) is 4.98 Å². The smallest absolute Gasteiger partial charge is 0.345 e. The van der Waals surface area contributed by atoms with Crippen LogP contribution in [-0.2, 0) is 5.75 Å². The number of carbonyl (C=O) groups is 1. The molecule has 124 valence electrons. The van der Waals surface area contributed by atoms with Crippen LogP contribution in [0.15, 0.2) is 39.9 Å². The molecule has 4 nitrogen and oxygen atoms in total. The molecule has 0 amide bonds. The highest BCUT2D eigenvalue weighted by Gasteiger charge is 2.09. The molecule has 0 fully saturated rings. The number of thioether (sulfide) groups is 1. The molecule has 3 rings (SSSR count). The van der Waals surface area contributed by atoms with Gasteiger partial charge in [-0.25, -0.2) is 9.78 Å². The molecule has 2 N–H and O–H groups in total. The van der Waals surface area contributed by atoms with Crippen LogP contribution in [0.1, 0.15) is 20.9 Å². The van der Waals surface area contributed by atoms with Crippen LogP contribution in [0.3, 0.4) is 0 Å². The van der Waals surface area contributed by atoms with Crippen LogP contribution >= 0.6 is 46.0 Å². The molecule has 24 heavy (non-hydrogen) atoms. The summed E-state index contributed by atoms with van der Waals surface area (Å²) in [6.07, 6.45) is 0. The Morgan fingerprint density at radius 3 is 2.88 bits per heavy atom. The van der Waals surface area contributed by atoms with Gasteiger partial charge in [0, 0.05) is 32.1 Å². The largest absolute Gasteiger partial charge is 0.477 e. The Hall–Kier alpha value is -1.54. The zero-order valence-electron chi connectivity index (χ0n) is 12.6. The predicted octanol–water partition coefficient (Wildman–Crippen LogP) is 5.90. The molecule has 0 radical (unpaired) electrons. The number of nitrogens with one attached hydrogen (secondary N) is 1. The highest BCUT2D eigenvalue weighted by atomic mass is 35.5.